The van der Waals surface area contributed by atoms with Crippen LogP contribution in [0.4, 0.5) is 0 Å². The summed E-state index contributed by atoms with van der Waals surface area (Å²) in [6.07, 6.45) is 6.74. The van der Waals surface area contributed by atoms with Crippen molar-refractivity contribution in [2.24, 2.45) is 0 Å². The minimum atomic E-state index is -0.906. The number of ketones is 1. The molecule has 5 rings (SSSR count). The average molecular weight is 580 g/mol. The second-order valence-electron chi connectivity index (χ2n) is 11.0. The van der Waals surface area contributed by atoms with Gasteiger partial charge in [0.15, 0.2) is 5.78 Å². The molecule has 0 bridgehead atoms. The molecule has 1 aliphatic rings. The molecular weight excluding hydrogens is 542 g/mol. The number of hydrogen-bond acceptors (Lipinski definition) is 6. The highest BCUT2D eigenvalue weighted by atomic mass is 16.5. The summed E-state index contributed by atoms with van der Waals surface area (Å²) in [5.74, 6) is 0.683. The van der Waals surface area contributed by atoms with E-state index in [1.165, 1.54) is 13.3 Å². The Hall–Kier alpha value is -4.72. The van der Waals surface area contributed by atoms with Crippen LogP contribution in [0.2, 0.25) is 0 Å². The highest BCUT2D eigenvalue weighted by Gasteiger charge is 2.34. The topological polar surface area (TPSA) is 97.8 Å². The van der Waals surface area contributed by atoms with Gasteiger partial charge < -0.3 is 19.7 Å². The number of ether oxygens (including phenoxy) is 2. The number of pyridine rings is 1. The highest BCUT2D eigenvalue weighted by molar-refractivity contribution is 5.97. The van der Waals surface area contributed by atoms with Crippen LogP contribution in [0.25, 0.3) is 10.8 Å². The summed E-state index contributed by atoms with van der Waals surface area (Å²) in [5, 5.41) is 5.05. The molecule has 1 aliphatic carbocycles. The Morgan fingerprint density at radius 2 is 1.63 bits per heavy atom. The number of nitrogens with zero attached hydrogens (tertiary/aromatic N) is 2. The summed E-state index contributed by atoms with van der Waals surface area (Å²) in [7, 11) is 1.61. The van der Waals surface area contributed by atoms with Crippen molar-refractivity contribution in [3.05, 3.63) is 102 Å². The van der Waals surface area contributed by atoms with Crippen molar-refractivity contribution >= 4 is 28.4 Å². The van der Waals surface area contributed by atoms with Crippen LogP contribution in [-0.4, -0.2) is 47.2 Å². The van der Waals surface area contributed by atoms with Crippen LogP contribution in [0, 0.1) is 0 Å². The zero-order valence-corrected chi connectivity index (χ0v) is 24.6. The van der Waals surface area contributed by atoms with Gasteiger partial charge in [-0.1, -0.05) is 55.7 Å². The molecule has 1 fully saturated rings. The zero-order chi connectivity index (χ0) is 30.2. The number of rotatable bonds is 11. The first kappa shape index (κ1) is 29.8. The normalized spacial score (nSPS) is 14.1. The third-order valence-corrected chi connectivity index (χ3v) is 7.76. The Balaban J connectivity index is 1.56. The molecule has 0 saturated heterocycles. The Kier molecular flexibility index (Phi) is 9.66. The van der Waals surface area contributed by atoms with Crippen LogP contribution >= 0.6 is 0 Å². The lowest BCUT2D eigenvalue weighted by atomic mass is 9.94. The minimum absolute atomic E-state index is 0.00293. The fraction of sp³-hybridized carbons (Fsp3) is 0.314. The molecule has 1 aromatic heterocycles. The molecule has 1 unspecified atom stereocenters. The van der Waals surface area contributed by atoms with Crippen molar-refractivity contribution < 1.29 is 23.9 Å². The van der Waals surface area contributed by atoms with Crippen LogP contribution in [0.15, 0.2) is 85.1 Å². The van der Waals surface area contributed by atoms with E-state index in [1.54, 1.807) is 42.5 Å². The summed E-state index contributed by atoms with van der Waals surface area (Å²) >= 11 is 0. The molecule has 8 nitrogen and oxygen atoms in total. The summed E-state index contributed by atoms with van der Waals surface area (Å²) < 4.78 is 10.9. The second-order valence-corrected chi connectivity index (χ2v) is 11.0. The molecule has 222 valence electrons. The first-order chi connectivity index (χ1) is 20.9. The van der Waals surface area contributed by atoms with Crippen LogP contribution in [0.1, 0.15) is 66.7 Å². The van der Waals surface area contributed by atoms with E-state index in [0.29, 0.717) is 17.1 Å². The Morgan fingerprint density at radius 3 is 2.33 bits per heavy atom. The van der Waals surface area contributed by atoms with E-state index in [4.69, 9.17) is 9.47 Å². The van der Waals surface area contributed by atoms with Gasteiger partial charge in [-0.15, -0.1) is 0 Å². The van der Waals surface area contributed by atoms with Crippen molar-refractivity contribution in [1.29, 1.82) is 0 Å². The van der Waals surface area contributed by atoms with Gasteiger partial charge in [-0.05, 0) is 84.1 Å². The number of amides is 2. The quantitative estimate of drug-likeness (QED) is 0.233. The van der Waals surface area contributed by atoms with E-state index < -0.39 is 6.04 Å². The van der Waals surface area contributed by atoms with Gasteiger partial charge >= 0.3 is 0 Å². The standard InChI is InChI=1S/C35H37N3O5/c1-24(39)23-43-31-18-15-26-20-28(14-13-27(26)21-31)33(34(40)37-29-8-4-3-5-9-29)38(35(41)32-10-6-7-19-36-32)22-25-11-16-30(42-2)17-12-25/h6-7,10-21,29,33H,3-5,8-9,22-23H2,1-2H3,(H,37,40). The maximum atomic E-state index is 14.2. The van der Waals surface area contributed by atoms with Crippen molar-refractivity contribution in [3.63, 3.8) is 0 Å². The lowest BCUT2D eigenvalue weighted by molar-refractivity contribution is -0.127. The third kappa shape index (κ3) is 7.57. The Morgan fingerprint density at radius 1 is 0.907 bits per heavy atom. The monoisotopic (exact) mass is 579 g/mol. The van der Waals surface area contributed by atoms with E-state index >= 15 is 0 Å². The number of nitrogens with one attached hydrogen (secondary N) is 1. The Labute approximate surface area is 252 Å². The summed E-state index contributed by atoms with van der Waals surface area (Å²) in [6, 6.07) is 23.2. The van der Waals surface area contributed by atoms with Gasteiger partial charge in [-0.25, -0.2) is 0 Å². The maximum absolute atomic E-state index is 14.2. The second kappa shape index (κ2) is 14.0. The number of carbonyl (C=O) groups is 3. The molecule has 4 aromatic rings. The van der Waals surface area contributed by atoms with Gasteiger partial charge in [0.2, 0.25) is 5.91 Å². The molecule has 1 N–H and O–H groups in total. The first-order valence-corrected chi connectivity index (χ1v) is 14.7. The zero-order valence-electron chi connectivity index (χ0n) is 24.6. The fourth-order valence-electron chi connectivity index (χ4n) is 5.53. The van der Waals surface area contributed by atoms with E-state index in [9.17, 15) is 14.4 Å². The van der Waals surface area contributed by atoms with Gasteiger partial charge in [0.05, 0.1) is 7.11 Å². The van der Waals surface area contributed by atoms with Crippen LogP contribution in [-0.2, 0) is 16.1 Å². The molecular formula is C35H37N3O5. The molecule has 3 aromatic carbocycles. The van der Waals surface area contributed by atoms with E-state index in [0.717, 1.165) is 42.0 Å². The van der Waals surface area contributed by atoms with Crippen LogP contribution < -0.4 is 14.8 Å². The van der Waals surface area contributed by atoms with E-state index in [1.807, 2.05) is 54.6 Å². The van der Waals surface area contributed by atoms with Crippen molar-refractivity contribution in [3.8, 4) is 11.5 Å². The van der Waals surface area contributed by atoms with Gasteiger partial charge in [0.25, 0.3) is 5.91 Å². The largest absolute Gasteiger partial charge is 0.497 e. The van der Waals surface area contributed by atoms with Crippen molar-refractivity contribution in [2.45, 2.75) is 57.7 Å². The molecule has 8 heteroatoms. The first-order valence-electron chi connectivity index (χ1n) is 14.7. The van der Waals surface area contributed by atoms with Crippen LogP contribution in [0.3, 0.4) is 0 Å². The molecule has 1 saturated carbocycles. The SMILES string of the molecule is COc1ccc(CN(C(=O)c2ccccn2)C(C(=O)NC2CCCCC2)c2ccc3cc(OCC(C)=O)ccc3c2)cc1. The summed E-state index contributed by atoms with van der Waals surface area (Å²) in [5.41, 5.74) is 1.81. The van der Waals surface area contributed by atoms with Gasteiger partial charge in [0.1, 0.15) is 29.8 Å². The molecule has 1 heterocycles. The lowest BCUT2D eigenvalue weighted by Crippen LogP contribution is -2.47. The van der Waals surface area contributed by atoms with Crippen LogP contribution in [0.5, 0.6) is 11.5 Å². The number of Topliss-reactive ketones (excluding diaryl/α,β-unsaturated/α-hetero) is 1. The van der Waals surface area contributed by atoms with E-state index in [-0.39, 0.29) is 42.5 Å². The molecule has 0 spiro atoms. The summed E-state index contributed by atoms with van der Waals surface area (Å²) in [4.78, 5) is 45.7. The number of benzene rings is 3. The molecule has 1 atom stereocenters. The third-order valence-electron chi connectivity index (χ3n) is 7.76. The Bertz CT molecular complexity index is 1570. The maximum Gasteiger partial charge on any atom is 0.273 e. The van der Waals surface area contributed by atoms with Gasteiger partial charge in [-0.3, -0.25) is 19.4 Å². The molecule has 2 amide bonds. The van der Waals surface area contributed by atoms with E-state index in [2.05, 4.69) is 10.3 Å². The van der Waals surface area contributed by atoms with Crippen molar-refractivity contribution in [1.82, 2.24) is 15.2 Å². The smallest absolute Gasteiger partial charge is 0.273 e. The highest BCUT2D eigenvalue weighted by Crippen LogP contribution is 2.31. The van der Waals surface area contributed by atoms with Gasteiger partial charge in [0, 0.05) is 18.8 Å². The lowest BCUT2D eigenvalue weighted by Gasteiger charge is -2.33. The predicted octanol–water partition coefficient (Wildman–Crippen LogP) is 6.04. The molecule has 0 aliphatic heterocycles. The van der Waals surface area contributed by atoms with Gasteiger partial charge in [-0.2, -0.15) is 0 Å². The minimum Gasteiger partial charge on any atom is -0.497 e. The fourth-order valence-corrected chi connectivity index (χ4v) is 5.53. The number of hydrogen-bond donors (Lipinski definition) is 1. The number of methoxy groups -OCH3 is 1. The predicted molar refractivity (Wildman–Crippen MR) is 165 cm³/mol. The number of fused-ring (bicyclic) bond motifs is 1. The summed E-state index contributed by atoms with van der Waals surface area (Å²) in [6.45, 7) is 1.68. The molecule has 43 heavy (non-hydrogen) atoms. The molecule has 0 radical (unpaired) electrons. The average Bonchev–Trinajstić information content (AvgIpc) is 3.04. The number of aromatic nitrogens is 1. The van der Waals surface area contributed by atoms with Crippen molar-refractivity contribution in [2.75, 3.05) is 13.7 Å². The number of carbonyl (C=O) groups excluding carboxylic acids is 3.